The summed E-state index contributed by atoms with van der Waals surface area (Å²) in [6.07, 6.45) is 2.43. The number of carbonyl (C=O) groups excluding carboxylic acids is 1. The van der Waals surface area contributed by atoms with Gasteiger partial charge in [0.1, 0.15) is 11.2 Å². The van der Waals surface area contributed by atoms with Crippen LogP contribution in [0.2, 0.25) is 0 Å². The largest absolute Gasteiger partial charge is 0.465 e. The van der Waals surface area contributed by atoms with Crippen molar-refractivity contribution in [1.82, 2.24) is 19.7 Å². The molecule has 1 aromatic carbocycles. The standard InChI is InChI=1S/C20H21N5O6/c1-2-30-18(26)12-6-15-17(16(7-12)24-5-3-4-21-24)31-19(22-15)23-8-13-10-29-11-14(9-23)25(13)20(27)28/h3-7,13-14H,2,8-11H2,1H3,(H,27,28). The second kappa shape index (κ2) is 7.58. The molecular formula is C20H21N5O6. The van der Waals surface area contributed by atoms with Crippen LogP contribution in [-0.4, -0.2) is 81.8 Å². The van der Waals surface area contributed by atoms with E-state index < -0.39 is 12.1 Å². The highest BCUT2D eigenvalue weighted by Crippen LogP contribution is 2.32. The number of rotatable bonds is 4. The predicted molar refractivity (Wildman–Crippen MR) is 108 cm³/mol. The Morgan fingerprint density at radius 2 is 2.03 bits per heavy atom. The van der Waals surface area contributed by atoms with Gasteiger partial charge in [0.05, 0.1) is 37.5 Å². The monoisotopic (exact) mass is 427 g/mol. The van der Waals surface area contributed by atoms with Gasteiger partial charge in [0.25, 0.3) is 6.01 Å². The van der Waals surface area contributed by atoms with Crippen LogP contribution in [0.4, 0.5) is 10.8 Å². The van der Waals surface area contributed by atoms with Crippen molar-refractivity contribution in [1.29, 1.82) is 0 Å². The van der Waals surface area contributed by atoms with Crippen LogP contribution >= 0.6 is 0 Å². The fraction of sp³-hybridized carbons (Fsp3) is 0.400. The number of fused-ring (bicyclic) bond motifs is 3. The zero-order valence-electron chi connectivity index (χ0n) is 16.8. The summed E-state index contributed by atoms with van der Waals surface area (Å²) >= 11 is 0. The lowest BCUT2D eigenvalue weighted by molar-refractivity contribution is -0.0457. The van der Waals surface area contributed by atoms with E-state index in [0.29, 0.717) is 54.7 Å². The summed E-state index contributed by atoms with van der Waals surface area (Å²) in [5.41, 5.74) is 1.89. The van der Waals surface area contributed by atoms with Crippen molar-refractivity contribution in [2.75, 3.05) is 37.8 Å². The molecule has 4 heterocycles. The van der Waals surface area contributed by atoms with Crippen molar-refractivity contribution in [3.05, 3.63) is 36.2 Å². The van der Waals surface area contributed by atoms with Crippen molar-refractivity contribution < 1.29 is 28.6 Å². The molecule has 31 heavy (non-hydrogen) atoms. The number of amides is 1. The van der Waals surface area contributed by atoms with E-state index in [2.05, 4.69) is 10.1 Å². The summed E-state index contributed by atoms with van der Waals surface area (Å²) < 4.78 is 18.4. The molecule has 11 nitrogen and oxygen atoms in total. The van der Waals surface area contributed by atoms with Crippen molar-refractivity contribution in [2.24, 2.45) is 0 Å². The lowest BCUT2D eigenvalue weighted by Crippen LogP contribution is -2.66. The van der Waals surface area contributed by atoms with E-state index in [4.69, 9.17) is 13.9 Å². The van der Waals surface area contributed by atoms with Crippen LogP contribution in [0.5, 0.6) is 0 Å². The molecule has 2 unspecified atom stereocenters. The first-order valence-corrected chi connectivity index (χ1v) is 10.0. The summed E-state index contributed by atoms with van der Waals surface area (Å²) in [5.74, 6) is -0.455. The molecule has 2 aromatic heterocycles. The summed E-state index contributed by atoms with van der Waals surface area (Å²) in [6.45, 7) is 3.46. The quantitative estimate of drug-likeness (QED) is 0.620. The van der Waals surface area contributed by atoms with E-state index in [1.165, 1.54) is 4.90 Å². The minimum absolute atomic E-state index is 0.261. The molecule has 2 aliphatic heterocycles. The number of esters is 1. The average molecular weight is 427 g/mol. The molecule has 2 saturated heterocycles. The zero-order valence-corrected chi connectivity index (χ0v) is 16.8. The number of piperazine rings is 1. The van der Waals surface area contributed by atoms with Gasteiger partial charge >= 0.3 is 12.1 Å². The Bertz CT molecular complexity index is 1110. The molecule has 0 radical (unpaired) electrons. The Morgan fingerprint density at radius 3 is 2.68 bits per heavy atom. The van der Waals surface area contributed by atoms with E-state index in [9.17, 15) is 14.7 Å². The lowest BCUT2D eigenvalue weighted by atomic mass is 10.1. The maximum Gasteiger partial charge on any atom is 0.408 e. The first-order chi connectivity index (χ1) is 15.0. The maximum absolute atomic E-state index is 12.4. The number of oxazole rings is 1. The third kappa shape index (κ3) is 3.36. The highest BCUT2D eigenvalue weighted by Gasteiger charge is 2.42. The van der Waals surface area contributed by atoms with Crippen LogP contribution in [0.3, 0.4) is 0 Å². The first kappa shape index (κ1) is 19.4. The molecule has 2 fully saturated rings. The Morgan fingerprint density at radius 1 is 1.26 bits per heavy atom. The number of hydrogen-bond acceptors (Lipinski definition) is 8. The third-order valence-electron chi connectivity index (χ3n) is 5.48. The topological polar surface area (TPSA) is 123 Å². The predicted octanol–water partition coefficient (Wildman–Crippen LogP) is 1.76. The second-order valence-corrected chi connectivity index (χ2v) is 7.45. The molecule has 1 amide bonds. The summed E-state index contributed by atoms with van der Waals surface area (Å²) in [4.78, 5) is 32.0. The molecule has 2 bridgehead atoms. The molecule has 2 atom stereocenters. The Hall–Kier alpha value is -3.60. The summed E-state index contributed by atoms with van der Waals surface area (Å²) in [6, 6.07) is 4.82. The number of hydrogen-bond donors (Lipinski definition) is 1. The van der Waals surface area contributed by atoms with Crippen molar-refractivity contribution in [2.45, 2.75) is 19.0 Å². The molecule has 5 rings (SSSR count). The number of carbonyl (C=O) groups is 2. The Labute approximate surface area is 176 Å². The number of benzene rings is 1. The van der Waals surface area contributed by atoms with E-state index in [-0.39, 0.29) is 18.7 Å². The SMILES string of the molecule is CCOC(=O)c1cc(-n2cccn2)c2oc(N3CC4COCC(C3)N4C(=O)O)nc2c1. The molecule has 2 aliphatic rings. The van der Waals surface area contributed by atoms with Gasteiger partial charge < -0.3 is 23.9 Å². The molecule has 1 N–H and O–H groups in total. The number of aromatic nitrogens is 3. The number of ether oxygens (including phenoxy) is 2. The van der Waals surface area contributed by atoms with Gasteiger partial charge in [0, 0.05) is 25.5 Å². The van der Waals surface area contributed by atoms with Crippen molar-refractivity contribution in [3.8, 4) is 5.69 Å². The van der Waals surface area contributed by atoms with E-state index >= 15 is 0 Å². The fourth-order valence-corrected chi connectivity index (χ4v) is 4.18. The smallest absolute Gasteiger partial charge is 0.408 e. The van der Waals surface area contributed by atoms with Gasteiger partial charge in [-0.3, -0.25) is 4.90 Å². The van der Waals surface area contributed by atoms with Gasteiger partial charge in [-0.25, -0.2) is 14.3 Å². The van der Waals surface area contributed by atoms with E-state index in [1.54, 1.807) is 42.2 Å². The Balaban J connectivity index is 1.55. The van der Waals surface area contributed by atoms with E-state index in [0.717, 1.165) is 0 Å². The number of nitrogens with zero attached hydrogens (tertiary/aromatic N) is 5. The van der Waals surface area contributed by atoms with Crippen LogP contribution in [-0.2, 0) is 9.47 Å². The van der Waals surface area contributed by atoms with Gasteiger partial charge in [0.2, 0.25) is 0 Å². The summed E-state index contributed by atoms with van der Waals surface area (Å²) in [5, 5.41) is 13.8. The van der Waals surface area contributed by atoms with Crippen LogP contribution in [0.15, 0.2) is 35.0 Å². The number of carboxylic acid groups (broad SMARTS) is 1. The fourth-order valence-electron chi connectivity index (χ4n) is 4.18. The highest BCUT2D eigenvalue weighted by molar-refractivity contribution is 5.96. The van der Waals surface area contributed by atoms with Crippen molar-refractivity contribution >= 4 is 29.2 Å². The summed E-state index contributed by atoms with van der Waals surface area (Å²) in [7, 11) is 0. The molecular weight excluding hydrogens is 406 g/mol. The zero-order chi connectivity index (χ0) is 21.5. The van der Waals surface area contributed by atoms with Crippen LogP contribution in [0.1, 0.15) is 17.3 Å². The molecule has 0 spiro atoms. The van der Waals surface area contributed by atoms with E-state index in [1.807, 2.05) is 4.90 Å². The third-order valence-corrected chi connectivity index (χ3v) is 5.48. The Kier molecular flexibility index (Phi) is 4.74. The second-order valence-electron chi connectivity index (χ2n) is 7.45. The first-order valence-electron chi connectivity index (χ1n) is 10.0. The molecule has 0 aliphatic carbocycles. The molecule has 11 heteroatoms. The van der Waals surface area contributed by atoms with Crippen LogP contribution in [0, 0.1) is 0 Å². The highest BCUT2D eigenvalue weighted by atomic mass is 16.5. The van der Waals surface area contributed by atoms with Gasteiger partial charge in [-0.2, -0.15) is 10.1 Å². The van der Waals surface area contributed by atoms with Crippen LogP contribution < -0.4 is 4.90 Å². The number of morpholine rings is 1. The van der Waals surface area contributed by atoms with Crippen LogP contribution in [0.25, 0.3) is 16.8 Å². The average Bonchev–Trinajstić information content (AvgIpc) is 3.42. The minimum atomic E-state index is -0.949. The van der Waals surface area contributed by atoms with Gasteiger partial charge in [0.15, 0.2) is 5.58 Å². The minimum Gasteiger partial charge on any atom is -0.465 e. The maximum atomic E-state index is 12.4. The molecule has 162 valence electrons. The van der Waals surface area contributed by atoms with Gasteiger partial charge in [-0.1, -0.05) is 0 Å². The normalized spacial score (nSPS) is 20.8. The lowest BCUT2D eigenvalue weighted by Gasteiger charge is -2.47. The van der Waals surface area contributed by atoms with Gasteiger partial charge in [-0.15, -0.1) is 0 Å². The molecule has 3 aromatic rings. The van der Waals surface area contributed by atoms with Gasteiger partial charge in [-0.05, 0) is 25.1 Å². The number of anilines is 1. The molecule has 0 saturated carbocycles. The van der Waals surface area contributed by atoms with Crippen molar-refractivity contribution in [3.63, 3.8) is 0 Å².